The van der Waals surface area contributed by atoms with E-state index in [1.54, 1.807) is 30.3 Å². The largest absolute Gasteiger partial charge is 0.463 e. The first kappa shape index (κ1) is 19.4. The van der Waals surface area contributed by atoms with Gasteiger partial charge in [-0.05, 0) is 60.7 Å². The SMILES string of the molecule is O=C(Nc1ccc(NS(=O)(=O)c2ccc(F)cc2)cc1)c1cc(-c2ccco2)[nH]n1. The van der Waals surface area contributed by atoms with Gasteiger partial charge < -0.3 is 9.73 Å². The van der Waals surface area contributed by atoms with Gasteiger partial charge in [0.2, 0.25) is 0 Å². The molecule has 152 valence electrons. The van der Waals surface area contributed by atoms with Crippen LogP contribution in [0.2, 0.25) is 0 Å². The number of H-pyrrole nitrogens is 1. The number of sulfonamides is 1. The highest BCUT2D eigenvalue weighted by Crippen LogP contribution is 2.21. The van der Waals surface area contributed by atoms with Crippen molar-refractivity contribution in [3.8, 4) is 11.5 Å². The third kappa shape index (κ3) is 4.23. The van der Waals surface area contributed by atoms with Crippen LogP contribution in [0.15, 0.2) is 82.3 Å². The fourth-order valence-corrected chi connectivity index (χ4v) is 3.70. The van der Waals surface area contributed by atoms with Gasteiger partial charge in [0.1, 0.15) is 11.5 Å². The minimum atomic E-state index is -3.85. The number of hydrogen-bond acceptors (Lipinski definition) is 5. The molecule has 0 aliphatic carbocycles. The fourth-order valence-electron chi connectivity index (χ4n) is 2.64. The molecule has 1 amide bonds. The average molecular weight is 426 g/mol. The lowest BCUT2D eigenvalue weighted by Gasteiger charge is -2.09. The van der Waals surface area contributed by atoms with Crippen LogP contribution >= 0.6 is 0 Å². The number of benzene rings is 2. The summed E-state index contributed by atoms with van der Waals surface area (Å²) in [5.41, 5.74) is 1.47. The van der Waals surface area contributed by atoms with Crippen molar-refractivity contribution in [1.29, 1.82) is 0 Å². The van der Waals surface area contributed by atoms with Crippen molar-refractivity contribution in [3.05, 3.63) is 84.5 Å². The number of carbonyl (C=O) groups is 1. The van der Waals surface area contributed by atoms with Crippen LogP contribution in [0, 0.1) is 5.82 Å². The highest BCUT2D eigenvalue weighted by molar-refractivity contribution is 7.92. The second-order valence-corrected chi connectivity index (χ2v) is 7.92. The van der Waals surface area contributed by atoms with Gasteiger partial charge in [-0.3, -0.25) is 14.6 Å². The topological polar surface area (TPSA) is 117 Å². The molecule has 0 aliphatic rings. The molecule has 4 rings (SSSR count). The number of aromatic amines is 1. The Balaban J connectivity index is 1.42. The van der Waals surface area contributed by atoms with E-state index in [2.05, 4.69) is 20.2 Å². The van der Waals surface area contributed by atoms with Crippen LogP contribution in [0.25, 0.3) is 11.5 Å². The van der Waals surface area contributed by atoms with Crippen molar-refractivity contribution in [2.24, 2.45) is 0 Å². The summed E-state index contributed by atoms with van der Waals surface area (Å²) in [6, 6.07) is 15.6. The summed E-state index contributed by atoms with van der Waals surface area (Å²) in [5.74, 6) is -0.412. The van der Waals surface area contributed by atoms with Gasteiger partial charge in [-0.1, -0.05) is 0 Å². The predicted octanol–water partition coefficient (Wildman–Crippen LogP) is 3.86. The molecule has 2 aromatic carbocycles. The lowest BCUT2D eigenvalue weighted by molar-refractivity contribution is 0.102. The minimum absolute atomic E-state index is 0.0628. The maximum absolute atomic E-state index is 13.0. The van der Waals surface area contributed by atoms with Gasteiger partial charge in [-0.2, -0.15) is 5.10 Å². The Morgan fingerprint density at radius 3 is 2.37 bits per heavy atom. The fraction of sp³-hybridized carbons (Fsp3) is 0. The smallest absolute Gasteiger partial charge is 0.276 e. The second-order valence-electron chi connectivity index (χ2n) is 6.24. The maximum atomic E-state index is 13.0. The van der Waals surface area contributed by atoms with Crippen molar-refractivity contribution in [3.63, 3.8) is 0 Å². The Morgan fingerprint density at radius 1 is 1.00 bits per heavy atom. The molecular formula is C20H15FN4O4S. The molecule has 0 spiro atoms. The zero-order valence-electron chi connectivity index (χ0n) is 15.3. The number of amides is 1. The lowest BCUT2D eigenvalue weighted by atomic mass is 10.2. The van der Waals surface area contributed by atoms with E-state index in [9.17, 15) is 17.6 Å². The monoisotopic (exact) mass is 426 g/mol. The van der Waals surface area contributed by atoms with Crippen molar-refractivity contribution in [2.75, 3.05) is 10.0 Å². The first-order valence-electron chi connectivity index (χ1n) is 8.70. The van der Waals surface area contributed by atoms with Gasteiger partial charge in [0, 0.05) is 17.4 Å². The lowest BCUT2D eigenvalue weighted by Crippen LogP contribution is -2.14. The molecule has 0 fully saturated rings. The van der Waals surface area contributed by atoms with Crippen LogP contribution in [0.3, 0.4) is 0 Å². The van der Waals surface area contributed by atoms with Crippen molar-refractivity contribution < 1.29 is 22.0 Å². The zero-order valence-corrected chi connectivity index (χ0v) is 16.1. The minimum Gasteiger partial charge on any atom is -0.463 e. The van der Waals surface area contributed by atoms with Crippen LogP contribution in [-0.2, 0) is 10.0 Å². The van der Waals surface area contributed by atoms with Gasteiger partial charge >= 0.3 is 0 Å². The number of furan rings is 1. The van der Waals surface area contributed by atoms with E-state index in [0.717, 1.165) is 12.1 Å². The van der Waals surface area contributed by atoms with Crippen LogP contribution < -0.4 is 10.0 Å². The number of carbonyl (C=O) groups excluding carboxylic acids is 1. The standard InChI is InChI=1S/C20H15FN4O4S/c21-13-3-9-16(10-4-13)30(27,28)25-15-7-5-14(6-8-15)22-20(26)18-12-17(23-24-18)19-2-1-11-29-19/h1-12,25H,(H,22,26)(H,23,24). The van der Waals surface area contributed by atoms with Crippen LogP contribution in [0.4, 0.5) is 15.8 Å². The van der Waals surface area contributed by atoms with Crippen molar-refractivity contribution in [2.45, 2.75) is 4.90 Å². The second kappa shape index (κ2) is 7.84. The normalized spacial score (nSPS) is 11.2. The number of hydrogen-bond donors (Lipinski definition) is 3. The average Bonchev–Trinajstić information content (AvgIpc) is 3.41. The van der Waals surface area contributed by atoms with Gasteiger partial charge in [0.15, 0.2) is 11.5 Å². The number of anilines is 2. The number of rotatable bonds is 6. The van der Waals surface area contributed by atoms with Gasteiger partial charge in [-0.15, -0.1) is 0 Å². The van der Waals surface area contributed by atoms with E-state index in [1.165, 1.54) is 30.5 Å². The molecule has 10 heteroatoms. The van der Waals surface area contributed by atoms with E-state index in [1.807, 2.05) is 0 Å². The number of nitrogens with zero attached hydrogens (tertiary/aromatic N) is 1. The summed E-state index contributed by atoms with van der Waals surface area (Å²) in [5, 5.41) is 9.36. The Kier molecular flexibility index (Phi) is 5.07. The van der Waals surface area contributed by atoms with E-state index in [-0.39, 0.29) is 16.3 Å². The molecule has 0 radical (unpaired) electrons. The first-order chi connectivity index (χ1) is 14.4. The summed E-state index contributed by atoms with van der Waals surface area (Å²) in [6.07, 6.45) is 1.52. The molecule has 0 atom stereocenters. The van der Waals surface area contributed by atoms with Gasteiger partial charge in [0.05, 0.1) is 11.2 Å². The van der Waals surface area contributed by atoms with Gasteiger partial charge in [-0.25, -0.2) is 12.8 Å². The Labute approximate surface area is 170 Å². The predicted molar refractivity (Wildman–Crippen MR) is 108 cm³/mol. The molecule has 0 saturated carbocycles. The molecule has 3 N–H and O–H groups in total. The van der Waals surface area contributed by atoms with Crippen LogP contribution in [0.5, 0.6) is 0 Å². The molecule has 0 saturated heterocycles. The van der Waals surface area contributed by atoms with Gasteiger partial charge in [0.25, 0.3) is 15.9 Å². The van der Waals surface area contributed by atoms with Crippen molar-refractivity contribution >= 4 is 27.3 Å². The summed E-state index contributed by atoms with van der Waals surface area (Å²) in [4.78, 5) is 12.3. The Hall–Kier alpha value is -3.92. The van der Waals surface area contributed by atoms with E-state index in [4.69, 9.17) is 4.42 Å². The molecule has 0 unspecified atom stereocenters. The highest BCUT2D eigenvalue weighted by Gasteiger charge is 2.15. The summed E-state index contributed by atoms with van der Waals surface area (Å²) < 4.78 is 45.3. The summed E-state index contributed by atoms with van der Waals surface area (Å²) in [7, 11) is -3.85. The summed E-state index contributed by atoms with van der Waals surface area (Å²) >= 11 is 0. The van der Waals surface area contributed by atoms with E-state index < -0.39 is 21.7 Å². The Bertz CT molecular complexity index is 1270. The van der Waals surface area contributed by atoms with Crippen molar-refractivity contribution in [1.82, 2.24) is 10.2 Å². The zero-order chi connectivity index (χ0) is 21.1. The molecule has 0 aliphatic heterocycles. The quantitative estimate of drug-likeness (QED) is 0.433. The summed E-state index contributed by atoms with van der Waals surface area (Å²) in [6.45, 7) is 0. The molecule has 4 aromatic rings. The third-order valence-electron chi connectivity index (χ3n) is 4.12. The van der Waals surface area contributed by atoms with Crippen LogP contribution in [-0.4, -0.2) is 24.5 Å². The number of halogens is 1. The van der Waals surface area contributed by atoms with E-state index in [0.29, 0.717) is 17.1 Å². The molecule has 30 heavy (non-hydrogen) atoms. The molecule has 0 bridgehead atoms. The molecule has 2 aromatic heterocycles. The van der Waals surface area contributed by atoms with Crippen LogP contribution in [0.1, 0.15) is 10.5 Å². The Morgan fingerprint density at radius 2 is 1.70 bits per heavy atom. The van der Waals surface area contributed by atoms with E-state index >= 15 is 0 Å². The number of nitrogens with one attached hydrogen (secondary N) is 3. The highest BCUT2D eigenvalue weighted by atomic mass is 32.2. The maximum Gasteiger partial charge on any atom is 0.276 e. The molecular weight excluding hydrogens is 411 g/mol. The number of aromatic nitrogens is 2. The first-order valence-corrected chi connectivity index (χ1v) is 10.2. The third-order valence-corrected chi connectivity index (χ3v) is 5.51. The molecule has 8 nitrogen and oxygen atoms in total. The molecule has 2 heterocycles.